The molecule has 0 aliphatic heterocycles. The number of aromatic nitrogens is 3. The second-order valence-corrected chi connectivity index (χ2v) is 6.28. The van der Waals surface area contributed by atoms with Crippen LogP contribution in [0.4, 0.5) is 5.13 Å². The lowest BCUT2D eigenvalue weighted by atomic mass is 10.3. The van der Waals surface area contributed by atoms with Crippen LogP contribution in [-0.2, 0) is 10.0 Å². The molecule has 1 amide bonds. The summed E-state index contributed by atoms with van der Waals surface area (Å²) in [5.74, 6) is -0.454. The van der Waals surface area contributed by atoms with Crippen molar-refractivity contribution in [3.8, 4) is 0 Å². The molecule has 0 saturated carbocycles. The lowest BCUT2D eigenvalue weighted by Crippen LogP contribution is -2.12. The molecule has 19 heavy (non-hydrogen) atoms. The van der Waals surface area contributed by atoms with Gasteiger partial charge in [0.15, 0.2) is 9.34 Å². The van der Waals surface area contributed by atoms with Crippen LogP contribution in [0.1, 0.15) is 16.1 Å². The van der Waals surface area contributed by atoms with Gasteiger partial charge < -0.3 is 0 Å². The van der Waals surface area contributed by atoms with Crippen molar-refractivity contribution in [2.45, 2.75) is 11.1 Å². The van der Waals surface area contributed by atoms with E-state index in [2.05, 4.69) is 20.5 Å². The van der Waals surface area contributed by atoms with Crippen LogP contribution in [0.5, 0.6) is 0 Å². The molecule has 0 unspecified atom stereocenters. The first-order valence-electron chi connectivity index (χ1n) is 4.96. The maximum atomic E-state index is 11.8. The molecule has 0 saturated heterocycles. The summed E-state index contributed by atoms with van der Waals surface area (Å²) in [6.07, 6.45) is 2.66. The third-order valence-electron chi connectivity index (χ3n) is 2.08. The van der Waals surface area contributed by atoms with E-state index in [-0.39, 0.29) is 15.0 Å². The van der Waals surface area contributed by atoms with Crippen molar-refractivity contribution in [2.75, 3.05) is 5.32 Å². The SMILES string of the molecule is Cc1nc(NC(=O)c2ccnnc2)sc1S(N)(=O)=O. The molecule has 0 aliphatic carbocycles. The lowest BCUT2D eigenvalue weighted by molar-refractivity contribution is 0.102. The topological polar surface area (TPSA) is 128 Å². The fourth-order valence-corrected chi connectivity index (χ4v) is 3.15. The highest BCUT2D eigenvalue weighted by atomic mass is 32.2. The van der Waals surface area contributed by atoms with E-state index in [0.717, 1.165) is 11.3 Å². The molecule has 3 N–H and O–H groups in total. The van der Waals surface area contributed by atoms with E-state index in [1.165, 1.54) is 25.4 Å². The number of amides is 1. The number of hydrogen-bond donors (Lipinski definition) is 2. The summed E-state index contributed by atoms with van der Waals surface area (Å²) in [5, 5.41) is 14.8. The van der Waals surface area contributed by atoms with Gasteiger partial charge in [0, 0.05) is 0 Å². The second-order valence-electron chi connectivity index (χ2n) is 3.52. The number of rotatable bonds is 3. The average molecular weight is 299 g/mol. The number of anilines is 1. The highest BCUT2D eigenvalue weighted by Gasteiger charge is 2.19. The molecule has 2 aromatic heterocycles. The summed E-state index contributed by atoms with van der Waals surface area (Å²) in [6.45, 7) is 1.50. The maximum absolute atomic E-state index is 11.8. The molecule has 100 valence electrons. The highest BCUT2D eigenvalue weighted by Crippen LogP contribution is 2.26. The van der Waals surface area contributed by atoms with E-state index >= 15 is 0 Å². The molecule has 2 heterocycles. The number of sulfonamides is 1. The monoisotopic (exact) mass is 299 g/mol. The van der Waals surface area contributed by atoms with Gasteiger partial charge >= 0.3 is 0 Å². The number of hydrogen-bond acceptors (Lipinski definition) is 7. The fourth-order valence-electron chi connectivity index (χ4n) is 1.29. The first-order valence-corrected chi connectivity index (χ1v) is 7.32. The Morgan fingerprint density at radius 2 is 2.16 bits per heavy atom. The van der Waals surface area contributed by atoms with Crippen LogP contribution in [-0.4, -0.2) is 29.5 Å². The van der Waals surface area contributed by atoms with E-state index in [0.29, 0.717) is 5.56 Å². The van der Waals surface area contributed by atoms with Crippen molar-refractivity contribution in [1.29, 1.82) is 0 Å². The Balaban J connectivity index is 2.24. The number of thiazole rings is 1. The summed E-state index contributed by atoms with van der Waals surface area (Å²) in [6, 6.07) is 1.48. The molecule has 2 rings (SSSR count). The molecule has 0 aliphatic rings. The Morgan fingerprint density at radius 1 is 1.42 bits per heavy atom. The third-order valence-corrected chi connectivity index (χ3v) is 4.71. The summed E-state index contributed by atoms with van der Waals surface area (Å²) in [7, 11) is -3.83. The van der Waals surface area contributed by atoms with Crippen LogP contribution in [0.3, 0.4) is 0 Å². The number of carbonyl (C=O) groups is 1. The number of aryl methyl sites for hydroxylation is 1. The fraction of sp³-hybridized carbons (Fsp3) is 0.111. The van der Waals surface area contributed by atoms with Crippen LogP contribution in [0.25, 0.3) is 0 Å². The van der Waals surface area contributed by atoms with Crippen LogP contribution in [0.15, 0.2) is 22.7 Å². The lowest BCUT2D eigenvalue weighted by Gasteiger charge is -1.99. The van der Waals surface area contributed by atoms with Gasteiger partial charge in [0.05, 0.1) is 23.7 Å². The minimum absolute atomic E-state index is 0.0735. The first-order chi connectivity index (χ1) is 8.88. The van der Waals surface area contributed by atoms with Crippen molar-refractivity contribution in [2.24, 2.45) is 5.14 Å². The molecular formula is C9H9N5O3S2. The van der Waals surface area contributed by atoms with Gasteiger partial charge in [-0.2, -0.15) is 10.2 Å². The molecule has 8 nitrogen and oxygen atoms in total. The zero-order valence-electron chi connectivity index (χ0n) is 9.69. The predicted octanol–water partition coefficient (Wildman–Crippen LogP) is 0.141. The van der Waals surface area contributed by atoms with Gasteiger partial charge in [0.1, 0.15) is 0 Å². The van der Waals surface area contributed by atoms with Crippen molar-refractivity contribution in [3.05, 3.63) is 29.7 Å². The third kappa shape index (κ3) is 3.10. The molecule has 0 bridgehead atoms. The molecular weight excluding hydrogens is 290 g/mol. The molecule has 0 radical (unpaired) electrons. The van der Waals surface area contributed by atoms with Gasteiger partial charge in [-0.05, 0) is 13.0 Å². The first kappa shape index (κ1) is 13.5. The van der Waals surface area contributed by atoms with Gasteiger partial charge in [-0.25, -0.2) is 18.5 Å². The molecule has 0 spiro atoms. The van der Waals surface area contributed by atoms with Gasteiger partial charge in [-0.15, -0.1) is 0 Å². The summed E-state index contributed by atoms with van der Waals surface area (Å²) >= 11 is 0.797. The quantitative estimate of drug-likeness (QED) is 0.829. The van der Waals surface area contributed by atoms with Crippen molar-refractivity contribution >= 4 is 32.4 Å². The van der Waals surface area contributed by atoms with Crippen LogP contribution in [0.2, 0.25) is 0 Å². The molecule has 0 aromatic carbocycles. The molecule has 0 fully saturated rings. The summed E-state index contributed by atoms with van der Waals surface area (Å²) in [4.78, 5) is 15.7. The molecule has 0 atom stereocenters. The number of nitrogens with one attached hydrogen (secondary N) is 1. The highest BCUT2D eigenvalue weighted by molar-refractivity contribution is 7.91. The normalized spacial score (nSPS) is 11.3. The van der Waals surface area contributed by atoms with E-state index in [1.54, 1.807) is 0 Å². The zero-order chi connectivity index (χ0) is 14.0. The predicted molar refractivity (Wildman–Crippen MR) is 68.2 cm³/mol. The number of primary sulfonamides is 1. The Labute approximate surface area is 112 Å². The number of carbonyl (C=O) groups excluding carboxylic acids is 1. The van der Waals surface area contributed by atoms with Crippen molar-refractivity contribution in [3.63, 3.8) is 0 Å². The Kier molecular flexibility index (Phi) is 3.55. The Bertz CT molecular complexity index is 711. The van der Waals surface area contributed by atoms with E-state index in [1.807, 2.05) is 0 Å². The largest absolute Gasteiger partial charge is 0.298 e. The summed E-state index contributed by atoms with van der Waals surface area (Å²) < 4.78 is 22.4. The van der Waals surface area contributed by atoms with Crippen LogP contribution >= 0.6 is 11.3 Å². The van der Waals surface area contributed by atoms with Crippen LogP contribution in [0, 0.1) is 6.92 Å². The van der Waals surface area contributed by atoms with Crippen molar-refractivity contribution in [1.82, 2.24) is 15.2 Å². The smallest absolute Gasteiger partial charge is 0.259 e. The van der Waals surface area contributed by atoms with E-state index in [9.17, 15) is 13.2 Å². The van der Waals surface area contributed by atoms with Gasteiger partial charge in [0.25, 0.3) is 5.91 Å². The average Bonchev–Trinajstić information content (AvgIpc) is 2.71. The zero-order valence-corrected chi connectivity index (χ0v) is 11.3. The van der Waals surface area contributed by atoms with Crippen molar-refractivity contribution < 1.29 is 13.2 Å². The van der Waals surface area contributed by atoms with Crippen LogP contribution < -0.4 is 10.5 Å². The van der Waals surface area contributed by atoms with Gasteiger partial charge in [0.2, 0.25) is 10.0 Å². The Hall–Kier alpha value is -1.91. The van der Waals surface area contributed by atoms with Gasteiger partial charge in [-0.1, -0.05) is 11.3 Å². The minimum Gasteiger partial charge on any atom is -0.298 e. The number of nitrogens with zero attached hydrogens (tertiary/aromatic N) is 3. The summed E-state index contributed by atoms with van der Waals surface area (Å²) in [5.41, 5.74) is 0.538. The Morgan fingerprint density at radius 3 is 2.68 bits per heavy atom. The van der Waals surface area contributed by atoms with E-state index < -0.39 is 15.9 Å². The standard InChI is InChI=1S/C9H9N5O3S2/c1-5-8(19(10,16)17)18-9(13-5)14-7(15)6-2-3-11-12-4-6/h2-4H,1H3,(H2,10,16,17)(H,13,14,15). The maximum Gasteiger partial charge on any atom is 0.259 e. The second kappa shape index (κ2) is 4.99. The number of nitrogens with two attached hydrogens (primary N) is 1. The van der Waals surface area contributed by atoms with Gasteiger partial charge in [-0.3, -0.25) is 10.1 Å². The minimum atomic E-state index is -3.83. The molecule has 10 heteroatoms. The van der Waals surface area contributed by atoms with E-state index in [4.69, 9.17) is 5.14 Å². The molecule has 2 aromatic rings.